The fourth-order valence-electron chi connectivity index (χ4n) is 2.00. The van der Waals surface area contributed by atoms with Crippen molar-refractivity contribution >= 4 is 27.5 Å². The lowest BCUT2D eigenvalue weighted by Gasteiger charge is -2.14. The van der Waals surface area contributed by atoms with Crippen molar-refractivity contribution in [3.05, 3.63) is 64.7 Å². The van der Waals surface area contributed by atoms with E-state index >= 15 is 0 Å². The van der Waals surface area contributed by atoms with Gasteiger partial charge in [-0.2, -0.15) is 0 Å². The van der Waals surface area contributed by atoms with Gasteiger partial charge in [-0.25, -0.2) is 0 Å². The molecule has 1 atom stereocenters. The molecule has 2 rings (SSSR count). The van der Waals surface area contributed by atoms with E-state index in [4.69, 9.17) is 16.3 Å². The van der Waals surface area contributed by atoms with Crippen molar-refractivity contribution in [1.82, 2.24) is 0 Å². The van der Waals surface area contributed by atoms with Crippen LogP contribution in [0.4, 0.5) is 0 Å². The molecule has 0 N–H and O–H groups in total. The molecular weight excluding hydrogens is 336 g/mol. The van der Waals surface area contributed by atoms with Crippen LogP contribution in [0.3, 0.4) is 0 Å². The third kappa shape index (κ3) is 4.53. The third-order valence-corrected chi connectivity index (χ3v) is 4.02. The van der Waals surface area contributed by atoms with Crippen molar-refractivity contribution in [2.45, 2.75) is 31.2 Å². The molecule has 3 heteroatoms. The second-order valence-electron chi connectivity index (χ2n) is 5.04. The van der Waals surface area contributed by atoms with E-state index in [1.807, 2.05) is 38.1 Å². The van der Waals surface area contributed by atoms with E-state index in [1.54, 1.807) is 0 Å². The molecule has 0 radical (unpaired) electrons. The van der Waals surface area contributed by atoms with Crippen molar-refractivity contribution in [2.75, 3.05) is 0 Å². The minimum absolute atomic E-state index is 0.190. The van der Waals surface area contributed by atoms with E-state index in [2.05, 4.69) is 40.2 Å². The predicted octanol–water partition coefficient (Wildman–Crippen LogP) is 5.81. The van der Waals surface area contributed by atoms with Gasteiger partial charge in [-0.15, -0.1) is 0 Å². The molecule has 0 amide bonds. The summed E-state index contributed by atoms with van der Waals surface area (Å²) in [4.78, 5) is 0.263. The van der Waals surface area contributed by atoms with Gasteiger partial charge in [-0.3, -0.25) is 0 Å². The molecule has 0 bridgehead atoms. The van der Waals surface area contributed by atoms with E-state index in [1.165, 1.54) is 11.1 Å². The Morgan fingerprint density at radius 3 is 2.45 bits per heavy atom. The van der Waals surface area contributed by atoms with Gasteiger partial charge in [0.2, 0.25) is 0 Å². The van der Waals surface area contributed by atoms with Gasteiger partial charge in [-0.1, -0.05) is 51.8 Å². The zero-order valence-electron chi connectivity index (χ0n) is 11.6. The summed E-state index contributed by atoms with van der Waals surface area (Å²) in [5.74, 6) is 0.915. The summed E-state index contributed by atoms with van der Waals surface area (Å²) >= 11 is 9.66. The first-order chi connectivity index (χ1) is 9.54. The maximum Gasteiger partial charge on any atom is 0.119 e. The molecule has 0 aliphatic rings. The number of hydrogen-bond acceptors (Lipinski definition) is 1. The van der Waals surface area contributed by atoms with Crippen LogP contribution in [0.5, 0.6) is 5.75 Å². The average Bonchev–Trinajstić information content (AvgIpc) is 2.41. The van der Waals surface area contributed by atoms with E-state index in [0.29, 0.717) is 0 Å². The highest BCUT2D eigenvalue weighted by atomic mass is 79.9. The second-order valence-corrected chi connectivity index (χ2v) is 6.58. The monoisotopic (exact) mass is 352 g/mol. The van der Waals surface area contributed by atoms with E-state index in [-0.39, 0.29) is 10.9 Å². The van der Waals surface area contributed by atoms with E-state index in [0.717, 1.165) is 17.2 Å². The second kappa shape index (κ2) is 7.14. The van der Waals surface area contributed by atoms with Crippen LogP contribution in [-0.4, -0.2) is 6.10 Å². The summed E-state index contributed by atoms with van der Waals surface area (Å²) in [6.45, 7) is 4.07. The van der Waals surface area contributed by atoms with E-state index in [9.17, 15) is 0 Å². The summed E-state index contributed by atoms with van der Waals surface area (Å²) in [6.07, 6.45) is 1.11. The molecule has 0 spiro atoms. The largest absolute Gasteiger partial charge is 0.491 e. The number of alkyl halides is 1. The van der Waals surface area contributed by atoms with Crippen LogP contribution in [0.15, 0.2) is 48.5 Å². The molecule has 2 aromatic carbocycles. The van der Waals surface area contributed by atoms with Crippen LogP contribution in [-0.2, 0) is 6.42 Å². The Labute approximate surface area is 134 Å². The van der Waals surface area contributed by atoms with Crippen molar-refractivity contribution in [3.63, 3.8) is 0 Å². The molecule has 0 heterocycles. The number of benzene rings is 2. The zero-order valence-corrected chi connectivity index (χ0v) is 14.0. The Bertz CT molecular complexity index is 551. The normalized spacial score (nSPS) is 12.4. The van der Waals surface area contributed by atoms with Crippen LogP contribution < -0.4 is 4.74 Å². The first kappa shape index (κ1) is 15.4. The van der Waals surface area contributed by atoms with Crippen molar-refractivity contribution < 1.29 is 4.74 Å². The lowest BCUT2D eigenvalue weighted by Crippen LogP contribution is -2.06. The topological polar surface area (TPSA) is 9.23 Å². The van der Waals surface area contributed by atoms with E-state index < -0.39 is 0 Å². The molecule has 1 nitrogen and oxygen atoms in total. The molecule has 0 fully saturated rings. The highest BCUT2D eigenvalue weighted by Gasteiger charge is 2.10. The van der Waals surface area contributed by atoms with Crippen LogP contribution in [0, 0.1) is 0 Å². The summed E-state index contributed by atoms with van der Waals surface area (Å²) in [7, 11) is 0. The molecule has 106 valence electrons. The quantitative estimate of drug-likeness (QED) is 0.617. The molecule has 0 aliphatic carbocycles. The predicted molar refractivity (Wildman–Crippen MR) is 89.0 cm³/mol. The van der Waals surface area contributed by atoms with Gasteiger partial charge in [-0.05, 0) is 55.7 Å². The van der Waals surface area contributed by atoms with Gasteiger partial charge in [0.1, 0.15) is 5.75 Å². The van der Waals surface area contributed by atoms with Crippen molar-refractivity contribution in [3.8, 4) is 5.75 Å². The summed E-state index contributed by atoms with van der Waals surface area (Å²) in [5.41, 5.74) is 2.48. The maximum atomic E-state index is 5.91. The van der Waals surface area contributed by atoms with Crippen LogP contribution in [0.1, 0.15) is 29.8 Å². The van der Waals surface area contributed by atoms with Crippen molar-refractivity contribution in [2.24, 2.45) is 0 Å². The first-order valence-corrected chi connectivity index (χ1v) is 7.99. The highest BCUT2D eigenvalue weighted by Crippen LogP contribution is 2.30. The molecule has 1 unspecified atom stereocenters. The average molecular weight is 354 g/mol. The fraction of sp³-hybridized carbons (Fsp3) is 0.294. The Balaban J connectivity index is 2.08. The minimum Gasteiger partial charge on any atom is -0.491 e. The lowest BCUT2D eigenvalue weighted by molar-refractivity contribution is 0.242. The van der Waals surface area contributed by atoms with Crippen LogP contribution in [0.25, 0.3) is 0 Å². The zero-order chi connectivity index (χ0) is 14.5. The smallest absolute Gasteiger partial charge is 0.119 e. The van der Waals surface area contributed by atoms with Gasteiger partial charge in [0.25, 0.3) is 0 Å². The Morgan fingerprint density at radius 1 is 1.10 bits per heavy atom. The highest BCUT2D eigenvalue weighted by molar-refractivity contribution is 9.09. The molecule has 2 aromatic rings. The number of rotatable bonds is 5. The lowest BCUT2D eigenvalue weighted by atomic mass is 10.0. The molecule has 0 aromatic heterocycles. The molecule has 20 heavy (non-hydrogen) atoms. The maximum absolute atomic E-state index is 5.91. The van der Waals surface area contributed by atoms with Gasteiger partial charge < -0.3 is 4.74 Å². The number of hydrogen-bond donors (Lipinski definition) is 0. The summed E-state index contributed by atoms with van der Waals surface area (Å²) < 4.78 is 5.73. The van der Waals surface area contributed by atoms with Gasteiger partial charge in [0, 0.05) is 9.85 Å². The minimum atomic E-state index is 0.190. The third-order valence-electron chi connectivity index (χ3n) is 2.92. The molecular formula is C17H18BrClO. The van der Waals surface area contributed by atoms with Gasteiger partial charge >= 0.3 is 0 Å². The fourth-order valence-corrected chi connectivity index (χ4v) is 2.78. The standard InChI is InChI=1S/C17H18BrClO/c1-12(2)20-16-5-3-4-14(11-16)17(18)10-13-6-8-15(19)9-7-13/h3-9,11-12,17H,10H2,1-2H3. The van der Waals surface area contributed by atoms with Crippen LogP contribution >= 0.6 is 27.5 Å². The molecule has 0 saturated heterocycles. The SMILES string of the molecule is CC(C)Oc1cccc(C(Br)Cc2ccc(Cl)cc2)c1. The first-order valence-electron chi connectivity index (χ1n) is 6.69. The summed E-state index contributed by atoms with van der Waals surface area (Å²) in [6, 6.07) is 16.2. The molecule has 0 aliphatic heterocycles. The molecule has 0 saturated carbocycles. The van der Waals surface area contributed by atoms with Crippen molar-refractivity contribution in [1.29, 1.82) is 0 Å². The number of ether oxygens (including phenoxy) is 1. The number of halogens is 2. The Hall–Kier alpha value is -0.990. The van der Waals surface area contributed by atoms with Crippen LogP contribution in [0.2, 0.25) is 5.02 Å². The van der Waals surface area contributed by atoms with Gasteiger partial charge in [0.15, 0.2) is 0 Å². The Morgan fingerprint density at radius 2 is 1.80 bits per heavy atom. The summed E-state index contributed by atoms with van der Waals surface area (Å²) in [5, 5.41) is 0.771. The Kier molecular flexibility index (Phi) is 5.50. The van der Waals surface area contributed by atoms with Gasteiger partial charge in [0.05, 0.1) is 6.10 Å².